The Bertz CT molecular complexity index is 544. The van der Waals surface area contributed by atoms with E-state index >= 15 is 0 Å². The van der Waals surface area contributed by atoms with E-state index in [-0.39, 0.29) is 5.95 Å². The zero-order valence-electron chi connectivity index (χ0n) is 8.70. The van der Waals surface area contributed by atoms with Crippen molar-refractivity contribution in [3.8, 4) is 11.3 Å². The maximum atomic E-state index is 5.82. The van der Waals surface area contributed by atoms with E-state index in [2.05, 4.69) is 20.2 Å². The van der Waals surface area contributed by atoms with E-state index < -0.39 is 0 Å². The number of anilines is 2. The average molecular weight is 216 g/mol. The van der Waals surface area contributed by atoms with Gasteiger partial charge in [-0.1, -0.05) is 0 Å². The summed E-state index contributed by atoms with van der Waals surface area (Å²) in [4.78, 5) is 7.90. The molecule has 6 heteroatoms. The van der Waals surface area contributed by atoms with E-state index in [0.717, 1.165) is 30.5 Å². The minimum atomic E-state index is 0.188. The summed E-state index contributed by atoms with van der Waals surface area (Å²) >= 11 is 0. The number of aromatic nitrogens is 4. The number of fused-ring (bicyclic) bond motifs is 1. The Labute approximate surface area is 92.1 Å². The third-order valence-corrected chi connectivity index (χ3v) is 2.90. The number of H-pyrrole nitrogens is 1. The summed E-state index contributed by atoms with van der Waals surface area (Å²) in [6.45, 7) is 0. The molecule has 2 aromatic heterocycles. The molecule has 0 fully saturated rings. The second kappa shape index (κ2) is 3.19. The molecule has 0 radical (unpaired) electrons. The number of hydrogen-bond acceptors (Lipinski definition) is 5. The predicted molar refractivity (Wildman–Crippen MR) is 60.5 cm³/mol. The Hall–Kier alpha value is -2.11. The lowest BCUT2D eigenvalue weighted by Gasteiger charge is -2.03. The molecule has 0 atom stereocenters. The Balaban J connectivity index is 2.15. The predicted octanol–water partition coefficient (Wildman–Crippen LogP) is 0.520. The highest BCUT2D eigenvalue weighted by Gasteiger charge is 2.21. The summed E-state index contributed by atoms with van der Waals surface area (Å²) < 4.78 is 0. The normalized spacial score (nSPS) is 14.0. The van der Waals surface area contributed by atoms with Gasteiger partial charge in [-0.3, -0.25) is 5.10 Å². The number of nitrogens with zero attached hydrogens (tertiary/aromatic N) is 3. The summed E-state index contributed by atoms with van der Waals surface area (Å²) in [5, 5.41) is 7.31. The largest absolute Gasteiger partial charge is 0.383 e. The summed E-state index contributed by atoms with van der Waals surface area (Å²) in [6.07, 6.45) is 4.88. The smallest absolute Gasteiger partial charge is 0.221 e. The number of hydrogen-bond donors (Lipinski definition) is 3. The summed E-state index contributed by atoms with van der Waals surface area (Å²) in [6, 6.07) is 0. The second-order valence-electron chi connectivity index (χ2n) is 3.91. The van der Waals surface area contributed by atoms with Gasteiger partial charge < -0.3 is 11.5 Å². The van der Waals surface area contributed by atoms with Gasteiger partial charge in [-0.25, -0.2) is 4.98 Å². The number of aromatic amines is 1. The number of aryl methyl sites for hydroxylation is 1. The first-order valence-electron chi connectivity index (χ1n) is 5.20. The fourth-order valence-corrected chi connectivity index (χ4v) is 2.13. The summed E-state index contributed by atoms with van der Waals surface area (Å²) in [7, 11) is 0. The molecular weight excluding hydrogens is 204 g/mol. The molecule has 6 nitrogen and oxygen atoms in total. The highest BCUT2D eigenvalue weighted by molar-refractivity contribution is 5.74. The van der Waals surface area contributed by atoms with Gasteiger partial charge in [0.2, 0.25) is 5.95 Å². The maximum absolute atomic E-state index is 5.82. The number of nitrogens with one attached hydrogen (secondary N) is 1. The molecule has 2 aromatic rings. The third-order valence-electron chi connectivity index (χ3n) is 2.90. The van der Waals surface area contributed by atoms with Gasteiger partial charge in [-0.05, 0) is 19.3 Å². The SMILES string of the molecule is Nc1ncc(-c2n[nH]c3c2CCC3)c(N)n1. The van der Waals surface area contributed by atoms with Gasteiger partial charge in [0, 0.05) is 17.5 Å². The zero-order valence-corrected chi connectivity index (χ0v) is 8.70. The van der Waals surface area contributed by atoms with Crippen molar-refractivity contribution < 1.29 is 0 Å². The van der Waals surface area contributed by atoms with Crippen LogP contribution in [0.25, 0.3) is 11.3 Å². The molecule has 82 valence electrons. The van der Waals surface area contributed by atoms with Crippen molar-refractivity contribution in [2.45, 2.75) is 19.3 Å². The van der Waals surface area contributed by atoms with Crippen LogP contribution in [0.3, 0.4) is 0 Å². The molecule has 1 aliphatic carbocycles. The first-order valence-corrected chi connectivity index (χ1v) is 5.20. The van der Waals surface area contributed by atoms with Crippen LogP contribution in [0.5, 0.6) is 0 Å². The van der Waals surface area contributed by atoms with E-state index in [0.29, 0.717) is 5.82 Å². The molecule has 0 bridgehead atoms. The minimum absolute atomic E-state index is 0.188. The van der Waals surface area contributed by atoms with Crippen molar-refractivity contribution in [3.63, 3.8) is 0 Å². The summed E-state index contributed by atoms with van der Waals surface area (Å²) in [5.74, 6) is 0.571. The van der Waals surface area contributed by atoms with Crippen LogP contribution < -0.4 is 11.5 Å². The van der Waals surface area contributed by atoms with Crippen molar-refractivity contribution >= 4 is 11.8 Å². The monoisotopic (exact) mass is 216 g/mol. The Kier molecular flexibility index (Phi) is 1.82. The average Bonchev–Trinajstić information content (AvgIpc) is 2.80. The highest BCUT2D eigenvalue weighted by Crippen LogP contribution is 2.32. The maximum Gasteiger partial charge on any atom is 0.221 e. The van der Waals surface area contributed by atoms with Gasteiger partial charge in [-0.2, -0.15) is 10.1 Å². The van der Waals surface area contributed by atoms with Crippen molar-refractivity contribution in [1.82, 2.24) is 20.2 Å². The molecule has 0 saturated carbocycles. The van der Waals surface area contributed by atoms with Crippen LogP contribution in [0.2, 0.25) is 0 Å². The molecule has 5 N–H and O–H groups in total. The van der Waals surface area contributed by atoms with Gasteiger partial charge >= 0.3 is 0 Å². The van der Waals surface area contributed by atoms with E-state index in [9.17, 15) is 0 Å². The van der Waals surface area contributed by atoms with Gasteiger partial charge in [0.1, 0.15) is 11.5 Å². The highest BCUT2D eigenvalue weighted by atomic mass is 15.1. The van der Waals surface area contributed by atoms with Crippen LogP contribution >= 0.6 is 0 Å². The molecule has 2 heterocycles. The Morgan fingerprint density at radius 3 is 2.94 bits per heavy atom. The topological polar surface area (TPSA) is 106 Å². The van der Waals surface area contributed by atoms with Gasteiger partial charge in [0.15, 0.2) is 0 Å². The summed E-state index contributed by atoms with van der Waals surface area (Å²) in [5.41, 5.74) is 15.3. The number of nitrogen functional groups attached to an aromatic ring is 2. The van der Waals surface area contributed by atoms with E-state index in [1.165, 1.54) is 11.3 Å². The molecule has 1 aliphatic rings. The van der Waals surface area contributed by atoms with Crippen LogP contribution in [0.1, 0.15) is 17.7 Å². The fraction of sp³-hybridized carbons (Fsp3) is 0.300. The standard InChI is InChI=1S/C10H12N6/c11-9-6(4-13-10(12)14-9)8-5-2-1-3-7(5)15-16-8/h4H,1-3H2,(H,15,16)(H4,11,12,13,14). The Morgan fingerprint density at radius 1 is 1.25 bits per heavy atom. The third kappa shape index (κ3) is 1.23. The first kappa shape index (κ1) is 9.14. The zero-order chi connectivity index (χ0) is 11.1. The lowest BCUT2D eigenvalue weighted by atomic mass is 10.1. The molecule has 3 rings (SSSR count). The van der Waals surface area contributed by atoms with Crippen LogP contribution in [-0.4, -0.2) is 20.2 Å². The quantitative estimate of drug-likeness (QED) is 0.644. The fourth-order valence-electron chi connectivity index (χ4n) is 2.13. The number of rotatable bonds is 1. The molecule has 0 aromatic carbocycles. The molecule has 0 unspecified atom stereocenters. The lowest BCUT2D eigenvalue weighted by molar-refractivity contribution is 0.866. The molecule has 0 saturated heterocycles. The van der Waals surface area contributed by atoms with Crippen molar-refractivity contribution in [2.75, 3.05) is 11.5 Å². The molecule has 0 aliphatic heterocycles. The van der Waals surface area contributed by atoms with Crippen molar-refractivity contribution in [1.29, 1.82) is 0 Å². The van der Waals surface area contributed by atoms with Crippen LogP contribution in [0.15, 0.2) is 6.20 Å². The van der Waals surface area contributed by atoms with Crippen LogP contribution in [0.4, 0.5) is 11.8 Å². The van der Waals surface area contributed by atoms with E-state index in [4.69, 9.17) is 11.5 Å². The van der Waals surface area contributed by atoms with Crippen molar-refractivity contribution in [2.24, 2.45) is 0 Å². The molecule has 0 amide bonds. The Morgan fingerprint density at radius 2 is 2.12 bits per heavy atom. The van der Waals surface area contributed by atoms with Crippen LogP contribution in [0, 0.1) is 0 Å². The molecule has 16 heavy (non-hydrogen) atoms. The van der Waals surface area contributed by atoms with E-state index in [1.54, 1.807) is 6.20 Å². The first-order chi connectivity index (χ1) is 7.75. The lowest BCUT2D eigenvalue weighted by Crippen LogP contribution is -2.01. The van der Waals surface area contributed by atoms with Crippen LogP contribution in [-0.2, 0) is 12.8 Å². The van der Waals surface area contributed by atoms with Crippen molar-refractivity contribution in [3.05, 3.63) is 17.5 Å². The second-order valence-corrected chi connectivity index (χ2v) is 3.91. The molecule has 0 spiro atoms. The number of nitrogens with two attached hydrogens (primary N) is 2. The molecular formula is C10H12N6. The van der Waals surface area contributed by atoms with Gasteiger partial charge in [0.25, 0.3) is 0 Å². The minimum Gasteiger partial charge on any atom is -0.383 e. The van der Waals surface area contributed by atoms with Gasteiger partial charge in [-0.15, -0.1) is 0 Å². The van der Waals surface area contributed by atoms with Gasteiger partial charge in [0.05, 0.1) is 5.56 Å². The van der Waals surface area contributed by atoms with E-state index in [1.807, 2.05) is 0 Å².